The molecule has 2 rings (SSSR count). The van der Waals surface area contributed by atoms with Crippen molar-refractivity contribution in [1.82, 2.24) is 9.80 Å². The lowest BCUT2D eigenvalue weighted by Gasteiger charge is -2.07. The summed E-state index contributed by atoms with van der Waals surface area (Å²) in [5.41, 5.74) is 0. The van der Waals surface area contributed by atoms with Gasteiger partial charge < -0.3 is 14.5 Å². The number of nitrogens with zero attached hydrogens (tertiary/aromatic N) is 2. The van der Waals surface area contributed by atoms with Crippen LogP contribution in [0.25, 0.3) is 0 Å². The molecule has 0 N–H and O–H groups in total. The summed E-state index contributed by atoms with van der Waals surface area (Å²) >= 11 is 0. The van der Waals surface area contributed by atoms with Crippen molar-refractivity contribution in [2.45, 2.75) is 12.8 Å². The number of rotatable bonds is 0. The Morgan fingerprint density at radius 2 is 1.71 bits per heavy atom. The molecule has 0 spiro atoms. The highest BCUT2D eigenvalue weighted by Crippen LogP contribution is 2.01. The highest BCUT2D eigenvalue weighted by molar-refractivity contribution is 5.75. The lowest BCUT2D eigenvalue weighted by atomic mass is 10.4. The number of cyclic esters (lactones) is 1. The van der Waals surface area contributed by atoms with Gasteiger partial charge >= 0.3 is 12.0 Å². The molecule has 0 atom stereocenters. The normalized spacial score (nSPS) is 20.7. The average molecular weight is 200 g/mol. The van der Waals surface area contributed by atoms with Crippen molar-refractivity contribution < 1.29 is 14.3 Å². The van der Waals surface area contributed by atoms with Gasteiger partial charge in [0.05, 0.1) is 6.61 Å². The maximum Gasteiger partial charge on any atom is 0.319 e. The van der Waals surface area contributed by atoms with Crippen molar-refractivity contribution >= 4 is 12.0 Å². The third-order valence-corrected chi connectivity index (χ3v) is 2.21. The van der Waals surface area contributed by atoms with Gasteiger partial charge in [-0.2, -0.15) is 0 Å². The highest BCUT2D eigenvalue weighted by Gasteiger charge is 2.20. The maximum absolute atomic E-state index is 10.8. The number of hydrogen-bond acceptors (Lipinski definition) is 3. The number of hydrogen-bond donors (Lipinski definition) is 0. The van der Waals surface area contributed by atoms with Gasteiger partial charge in [-0.25, -0.2) is 4.79 Å². The Bertz CT molecular complexity index is 210. The van der Waals surface area contributed by atoms with Crippen LogP contribution in [0.4, 0.5) is 4.79 Å². The van der Waals surface area contributed by atoms with Crippen LogP contribution in [0.5, 0.6) is 0 Å². The topological polar surface area (TPSA) is 49.9 Å². The van der Waals surface area contributed by atoms with E-state index in [1.165, 1.54) is 0 Å². The van der Waals surface area contributed by atoms with Crippen molar-refractivity contribution in [1.29, 1.82) is 0 Å². The first kappa shape index (κ1) is 10.8. The summed E-state index contributed by atoms with van der Waals surface area (Å²) < 4.78 is 4.51. The van der Waals surface area contributed by atoms with Gasteiger partial charge in [0.15, 0.2) is 0 Å². The predicted molar refractivity (Wildman–Crippen MR) is 50.8 cm³/mol. The molecule has 0 aromatic heterocycles. The largest absolute Gasteiger partial charge is 0.466 e. The molecule has 0 saturated carbocycles. The van der Waals surface area contributed by atoms with Crippen LogP contribution in [0.15, 0.2) is 0 Å². The van der Waals surface area contributed by atoms with Crippen molar-refractivity contribution in [3.05, 3.63) is 0 Å². The number of amides is 2. The van der Waals surface area contributed by atoms with Crippen LogP contribution in [0.2, 0.25) is 0 Å². The van der Waals surface area contributed by atoms with Crippen LogP contribution in [0.1, 0.15) is 12.8 Å². The third-order valence-electron chi connectivity index (χ3n) is 2.21. The third kappa shape index (κ3) is 2.90. The zero-order valence-corrected chi connectivity index (χ0v) is 8.65. The van der Waals surface area contributed by atoms with Crippen molar-refractivity contribution in [2.24, 2.45) is 0 Å². The SMILES string of the molecule is CN1CCN(C)C1=O.O=C1CCCO1. The van der Waals surface area contributed by atoms with Crippen LogP contribution in [-0.4, -0.2) is 55.6 Å². The minimum atomic E-state index is -0.0463. The van der Waals surface area contributed by atoms with Gasteiger partial charge in [-0.15, -0.1) is 0 Å². The molecule has 2 amide bonds. The smallest absolute Gasteiger partial charge is 0.319 e. The predicted octanol–water partition coefficient (Wildman–Crippen LogP) is 0.307. The molecule has 80 valence electrons. The Kier molecular flexibility index (Phi) is 3.73. The second-order valence-corrected chi connectivity index (χ2v) is 3.45. The zero-order chi connectivity index (χ0) is 10.6. The van der Waals surface area contributed by atoms with E-state index in [1.54, 1.807) is 9.80 Å². The molecule has 2 aliphatic rings. The summed E-state index contributed by atoms with van der Waals surface area (Å²) in [7, 11) is 3.62. The van der Waals surface area contributed by atoms with E-state index in [2.05, 4.69) is 4.74 Å². The van der Waals surface area contributed by atoms with E-state index in [-0.39, 0.29) is 12.0 Å². The molecule has 2 fully saturated rings. The van der Waals surface area contributed by atoms with E-state index in [0.717, 1.165) is 19.5 Å². The van der Waals surface area contributed by atoms with Gasteiger partial charge in [-0.3, -0.25) is 4.79 Å². The number of ether oxygens (including phenoxy) is 1. The molecular formula is C9H16N2O3. The summed E-state index contributed by atoms with van der Waals surface area (Å²) in [6.45, 7) is 2.38. The summed E-state index contributed by atoms with van der Waals surface area (Å²) in [4.78, 5) is 24.2. The summed E-state index contributed by atoms with van der Waals surface area (Å²) in [5.74, 6) is -0.0463. The Morgan fingerprint density at radius 1 is 1.14 bits per heavy atom. The molecule has 0 radical (unpaired) electrons. The maximum atomic E-state index is 10.8. The molecule has 5 nitrogen and oxygen atoms in total. The number of carbonyl (C=O) groups excluding carboxylic acids is 2. The molecule has 0 unspecified atom stereocenters. The second-order valence-electron chi connectivity index (χ2n) is 3.45. The Labute approximate surface area is 83.6 Å². The fraction of sp³-hybridized carbons (Fsp3) is 0.778. The molecule has 0 bridgehead atoms. The van der Waals surface area contributed by atoms with Gasteiger partial charge in [0.2, 0.25) is 0 Å². The highest BCUT2D eigenvalue weighted by atomic mass is 16.5. The van der Waals surface area contributed by atoms with Crippen LogP contribution >= 0.6 is 0 Å². The molecule has 2 saturated heterocycles. The quantitative estimate of drug-likeness (QED) is 0.529. The second kappa shape index (κ2) is 4.83. The van der Waals surface area contributed by atoms with E-state index in [0.29, 0.717) is 13.0 Å². The molecule has 5 heteroatoms. The summed E-state index contributed by atoms with van der Waals surface area (Å²) in [6.07, 6.45) is 1.54. The van der Waals surface area contributed by atoms with Crippen LogP contribution in [0.3, 0.4) is 0 Å². The minimum Gasteiger partial charge on any atom is -0.466 e. The van der Waals surface area contributed by atoms with Gasteiger partial charge in [0, 0.05) is 33.6 Å². The first-order chi connectivity index (χ1) is 6.61. The van der Waals surface area contributed by atoms with Crippen LogP contribution < -0.4 is 0 Å². The monoisotopic (exact) mass is 200 g/mol. The van der Waals surface area contributed by atoms with Crippen molar-refractivity contribution in [3.63, 3.8) is 0 Å². The number of carbonyl (C=O) groups is 2. The van der Waals surface area contributed by atoms with Gasteiger partial charge in [-0.05, 0) is 6.42 Å². The molecular weight excluding hydrogens is 184 g/mol. The standard InChI is InChI=1S/C5H10N2O.C4H6O2/c1-6-3-4-7(2)5(6)8;5-4-2-1-3-6-4/h3-4H2,1-2H3;1-3H2. The van der Waals surface area contributed by atoms with Crippen molar-refractivity contribution in [3.8, 4) is 0 Å². The zero-order valence-electron chi connectivity index (χ0n) is 8.65. The van der Waals surface area contributed by atoms with Gasteiger partial charge in [0.1, 0.15) is 0 Å². The fourth-order valence-corrected chi connectivity index (χ4v) is 1.26. The number of esters is 1. The molecule has 14 heavy (non-hydrogen) atoms. The molecule has 2 heterocycles. The van der Waals surface area contributed by atoms with E-state index >= 15 is 0 Å². The molecule has 2 aliphatic heterocycles. The molecule has 0 aliphatic carbocycles. The Morgan fingerprint density at radius 3 is 1.86 bits per heavy atom. The van der Waals surface area contributed by atoms with Crippen molar-refractivity contribution in [2.75, 3.05) is 33.8 Å². The molecule has 0 aromatic rings. The number of urea groups is 1. The van der Waals surface area contributed by atoms with E-state index in [4.69, 9.17) is 0 Å². The van der Waals surface area contributed by atoms with Crippen LogP contribution in [-0.2, 0) is 9.53 Å². The average Bonchev–Trinajstić information content (AvgIpc) is 2.73. The van der Waals surface area contributed by atoms with Crippen LogP contribution in [0, 0.1) is 0 Å². The summed E-state index contributed by atoms with van der Waals surface area (Å²) in [6, 6.07) is 0.130. The minimum absolute atomic E-state index is 0.0463. The summed E-state index contributed by atoms with van der Waals surface area (Å²) in [5, 5.41) is 0. The Balaban J connectivity index is 0.000000146. The first-order valence-electron chi connectivity index (χ1n) is 4.73. The first-order valence-corrected chi connectivity index (χ1v) is 4.73. The van der Waals surface area contributed by atoms with Gasteiger partial charge in [0.25, 0.3) is 0 Å². The fourth-order valence-electron chi connectivity index (χ4n) is 1.26. The lowest BCUT2D eigenvalue weighted by Crippen LogP contribution is -2.25. The number of likely N-dealkylation sites (N-methyl/N-ethyl adjacent to an activating group) is 2. The van der Waals surface area contributed by atoms with Gasteiger partial charge in [-0.1, -0.05) is 0 Å². The molecule has 0 aromatic carbocycles. The lowest BCUT2D eigenvalue weighted by molar-refractivity contribution is -0.137. The van der Waals surface area contributed by atoms with E-state index in [1.807, 2.05) is 14.1 Å². The Hall–Kier alpha value is -1.26. The van der Waals surface area contributed by atoms with E-state index < -0.39 is 0 Å². The van der Waals surface area contributed by atoms with E-state index in [9.17, 15) is 9.59 Å².